The van der Waals surface area contributed by atoms with Crippen molar-refractivity contribution < 1.29 is 9.90 Å². The van der Waals surface area contributed by atoms with E-state index in [1.807, 2.05) is 23.1 Å². The molecule has 7 nitrogen and oxygen atoms in total. The van der Waals surface area contributed by atoms with E-state index in [9.17, 15) is 4.79 Å². The molecule has 3 heterocycles. The number of amides is 1. The number of nitrogens with zero attached hydrogens (tertiary/aromatic N) is 4. The Bertz CT molecular complexity index is 999. The van der Waals surface area contributed by atoms with Crippen LogP contribution in [0, 0.1) is 6.92 Å². The Kier molecular flexibility index (Phi) is 6.56. The monoisotopic (exact) mass is 425 g/mol. The summed E-state index contributed by atoms with van der Waals surface area (Å²) in [6.07, 6.45) is 2.01. The summed E-state index contributed by atoms with van der Waals surface area (Å²) in [5, 5.41) is 13.4. The van der Waals surface area contributed by atoms with Crippen molar-refractivity contribution in [2.45, 2.75) is 13.3 Å². The van der Waals surface area contributed by atoms with E-state index in [2.05, 4.69) is 39.2 Å². The molecule has 2 aromatic heterocycles. The maximum Gasteiger partial charge on any atom is 0.224 e. The number of β-amino-alcohol motifs (C(OH)–C–C–N with tert-alkyl or cyclic N) is 1. The Balaban J connectivity index is 1.43. The molecular weight excluding hydrogens is 398 g/mol. The largest absolute Gasteiger partial charge is 0.395 e. The number of rotatable bonds is 7. The first kappa shape index (κ1) is 20.7. The maximum atomic E-state index is 12.6. The van der Waals surface area contributed by atoms with E-state index in [-0.39, 0.29) is 12.5 Å². The quantitative estimate of drug-likeness (QED) is 0.606. The van der Waals surface area contributed by atoms with Crippen LogP contribution in [0.3, 0.4) is 0 Å². The van der Waals surface area contributed by atoms with Crippen LogP contribution in [0.2, 0.25) is 0 Å². The van der Waals surface area contributed by atoms with Crippen molar-refractivity contribution in [3.63, 3.8) is 0 Å². The summed E-state index contributed by atoms with van der Waals surface area (Å²) in [6.45, 7) is 6.57. The Morgan fingerprint density at radius 2 is 1.93 bits per heavy atom. The second-order valence-electron chi connectivity index (χ2n) is 7.42. The normalized spacial score (nSPS) is 14.9. The zero-order valence-corrected chi connectivity index (χ0v) is 18.0. The fraction of sp³-hybridized carbons (Fsp3) is 0.409. The van der Waals surface area contributed by atoms with E-state index in [1.165, 1.54) is 4.88 Å². The number of anilines is 1. The van der Waals surface area contributed by atoms with E-state index in [0.29, 0.717) is 19.5 Å². The van der Waals surface area contributed by atoms with Gasteiger partial charge in [-0.25, -0.2) is 9.97 Å². The summed E-state index contributed by atoms with van der Waals surface area (Å²) in [5.74, 6) is 0.935. The average molecular weight is 426 g/mol. The minimum atomic E-state index is 0.154. The highest BCUT2D eigenvalue weighted by Crippen LogP contribution is 2.40. The summed E-state index contributed by atoms with van der Waals surface area (Å²) in [5.41, 5.74) is 2.31. The second kappa shape index (κ2) is 9.51. The van der Waals surface area contributed by atoms with Crippen molar-refractivity contribution in [3.05, 3.63) is 41.5 Å². The third-order valence-corrected chi connectivity index (χ3v) is 6.51. The van der Waals surface area contributed by atoms with Crippen LogP contribution in [0.4, 0.5) is 5.82 Å². The van der Waals surface area contributed by atoms with E-state index < -0.39 is 0 Å². The standard InChI is InChI=1S/C22H27N5O2S/c1-16-19(17-5-3-2-4-6-17)20-21(24-15-25-22(20)30-16)23-8-7-18(29)27-11-9-26(10-12-27)13-14-28/h2-6,15,28H,7-14H2,1H3,(H,23,24,25). The Hall–Kier alpha value is -2.55. The van der Waals surface area contributed by atoms with Gasteiger partial charge in [-0.15, -0.1) is 11.3 Å². The van der Waals surface area contributed by atoms with Gasteiger partial charge < -0.3 is 15.3 Å². The molecule has 1 aromatic carbocycles. The molecule has 3 aromatic rings. The van der Waals surface area contributed by atoms with Gasteiger partial charge in [0, 0.05) is 56.1 Å². The Morgan fingerprint density at radius 3 is 2.67 bits per heavy atom. The molecule has 1 aliphatic heterocycles. The Morgan fingerprint density at radius 1 is 1.17 bits per heavy atom. The van der Waals surface area contributed by atoms with Gasteiger partial charge in [0.2, 0.25) is 5.91 Å². The first-order valence-corrected chi connectivity index (χ1v) is 11.1. The van der Waals surface area contributed by atoms with Crippen molar-refractivity contribution in [3.8, 4) is 11.1 Å². The zero-order chi connectivity index (χ0) is 20.9. The van der Waals surface area contributed by atoms with Crippen molar-refractivity contribution in [2.75, 3.05) is 51.2 Å². The van der Waals surface area contributed by atoms with Gasteiger partial charge in [0.25, 0.3) is 0 Å². The molecule has 158 valence electrons. The Labute approximate surface area is 180 Å². The number of aliphatic hydroxyl groups is 1. The van der Waals surface area contributed by atoms with Gasteiger partial charge in [-0.2, -0.15) is 0 Å². The van der Waals surface area contributed by atoms with E-state index in [0.717, 1.165) is 53.3 Å². The molecular formula is C22H27N5O2S. The fourth-order valence-electron chi connectivity index (χ4n) is 3.94. The third-order valence-electron chi connectivity index (χ3n) is 5.50. The van der Waals surface area contributed by atoms with E-state index in [1.54, 1.807) is 17.7 Å². The van der Waals surface area contributed by atoms with E-state index >= 15 is 0 Å². The summed E-state index contributed by atoms with van der Waals surface area (Å²) < 4.78 is 0. The smallest absolute Gasteiger partial charge is 0.224 e. The molecule has 0 aliphatic carbocycles. The summed E-state index contributed by atoms with van der Waals surface area (Å²) >= 11 is 1.67. The lowest BCUT2D eigenvalue weighted by molar-refractivity contribution is -0.132. The molecule has 1 aliphatic rings. The number of aliphatic hydroxyl groups excluding tert-OH is 1. The number of aromatic nitrogens is 2. The minimum absolute atomic E-state index is 0.154. The van der Waals surface area contributed by atoms with Crippen molar-refractivity contribution in [2.24, 2.45) is 0 Å². The predicted molar refractivity (Wildman–Crippen MR) is 121 cm³/mol. The first-order chi connectivity index (χ1) is 14.7. The molecule has 0 atom stereocenters. The molecule has 2 N–H and O–H groups in total. The summed E-state index contributed by atoms with van der Waals surface area (Å²) in [6, 6.07) is 10.3. The number of hydrogen-bond donors (Lipinski definition) is 2. The van der Waals surface area contributed by atoms with Crippen LogP contribution in [-0.2, 0) is 4.79 Å². The molecule has 0 bridgehead atoms. The molecule has 8 heteroatoms. The molecule has 4 rings (SSSR count). The van der Waals surface area contributed by atoms with Crippen LogP contribution < -0.4 is 5.32 Å². The van der Waals surface area contributed by atoms with E-state index in [4.69, 9.17) is 5.11 Å². The van der Waals surface area contributed by atoms with Crippen LogP contribution in [-0.4, -0.2) is 76.7 Å². The molecule has 1 saturated heterocycles. The maximum absolute atomic E-state index is 12.6. The molecule has 0 saturated carbocycles. The van der Waals surface area contributed by atoms with Gasteiger partial charge in [0.1, 0.15) is 17.0 Å². The topological polar surface area (TPSA) is 81.6 Å². The number of aryl methyl sites for hydroxylation is 1. The highest BCUT2D eigenvalue weighted by molar-refractivity contribution is 7.19. The van der Waals surface area contributed by atoms with Gasteiger partial charge in [-0.3, -0.25) is 9.69 Å². The van der Waals surface area contributed by atoms with Gasteiger partial charge in [-0.05, 0) is 12.5 Å². The number of fused-ring (bicyclic) bond motifs is 1. The predicted octanol–water partition coefficient (Wildman–Crippen LogP) is 2.61. The van der Waals surface area contributed by atoms with Crippen LogP contribution in [0.5, 0.6) is 0 Å². The zero-order valence-electron chi connectivity index (χ0n) is 17.2. The number of hydrogen-bond acceptors (Lipinski definition) is 7. The summed E-state index contributed by atoms with van der Waals surface area (Å²) in [7, 11) is 0. The van der Waals surface area contributed by atoms with Crippen LogP contribution >= 0.6 is 11.3 Å². The molecule has 0 spiro atoms. The van der Waals surface area contributed by atoms with Crippen LogP contribution in [0.15, 0.2) is 36.7 Å². The first-order valence-electron chi connectivity index (χ1n) is 10.3. The second-order valence-corrected chi connectivity index (χ2v) is 8.63. The van der Waals surface area contributed by atoms with Gasteiger partial charge in [0.05, 0.1) is 12.0 Å². The highest BCUT2D eigenvalue weighted by Gasteiger charge is 2.21. The summed E-state index contributed by atoms with van der Waals surface area (Å²) in [4.78, 5) is 27.8. The average Bonchev–Trinajstić information content (AvgIpc) is 3.11. The lowest BCUT2D eigenvalue weighted by Crippen LogP contribution is -2.49. The number of benzene rings is 1. The SMILES string of the molecule is Cc1sc2ncnc(NCCC(=O)N3CCN(CCO)CC3)c2c1-c1ccccc1. The lowest BCUT2D eigenvalue weighted by atomic mass is 10.0. The number of carbonyl (C=O) groups is 1. The number of piperazine rings is 1. The fourth-order valence-corrected chi connectivity index (χ4v) is 4.95. The molecule has 0 unspecified atom stereocenters. The van der Waals surface area contributed by atoms with Crippen molar-refractivity contribution >= 4 is 33.3 Å². The van der Waals surface area contributed by atoms with Crippen molar-refractivity contribution in [1.82, 2.24) is 19.8 Å². The van der Waals surface area contributed by atoms with Gasteiger partial charge >= 0.3 is 0 Å². The minimum Gasteiger partial charge on any atom is -0.395 e. The van der Waals surface area contributed by atoms with Crippen molar-refractivity contribution in [1.29, 1.82) is 0 Å². The number of nitrogens with one attached hydrogen (secondary N) is 1. The van der Waals surface area contributed by atoms with Gasteiger partial charge in [0.15, 0.2) is 0 Å². The number of thiophene rings is 1. The third kappa shape index (κ3) is 4.45. The highest BCUT2D eigenvalue weighted by atomic mass is 32.1. The molecule has 0 radical (unpaired) electrons. The van der Waals surface area contributed by atoms with Gasteiger partial charge in [-0.1, -0.05) is 30.3 Å². The molecule has 1 fully saturated rings. The lowest BCUT2D eigenvalue weighted by Gasteiger charge is -2.34. The van der Waals surface area contributed by atoms with Crippen LogP contribution in [0.1, 0.15) is 11.3 Å². The number of carbonyl (C=O) groups excluding carboxylic acids is 1. The van der Waals surface area contributed by atoms with Crippen LogP contribution in [0.25, 0.3) is 21.3 Å². The molecule has 30 heavy (non-hydrogen) atoms. The molecule has 1 amide bonds.